The number of aryl methyl sites for hydroxylation is 2. The lowest BCUT2D eigenvalue weighted by Crippen LogP contribution is -2.27. The number of nitrogens with zero attached hydrogens (tertiary/aromatic N) is 2. The standard InChI is InChI=1S/C9H15N3O/c1-7-6-9(13)12(5-4-10-3)8(2)11-7/h6,10H,4-5H2,1-3H3. The molecule has 1 aromatic heterocycles. The zero-order valence-corrected chi connectivity index (χ0v) is 8.29. The van der Waals surface area contributed by atoms with Crippen LogP contribution in [0.3, 0.4) is 0 Å². The highest BCUT2D eigenvalue weighted by atomic mass is 16.1. The van der Waals surface area contributed by atoms with E-state index in [2.05, 4.69) is 10.3 Å². The molecule has 0 saturated carbocycles. The molecular formula is C9H15N3O. The van der Waals surface area contributed by atoms with E-state index in [1.54, 1.807) is 10.6 Å². The smallest absolute Gasteiger partial charge is 0.253 e. The Hall–Kier alpha value is -1.16. The molecule has 0 unspecified atom stereocenters. The predicted molar refractivity (Wildman–Crippen MR) is 51.9 cm³/mol. The van der Waals surface area contributed by atoms with Crippen LogP contribution >= 0.6 is 0 Å². The molecule has 1 aromatic rings. The fourth-order valence-corrected chi connectivity index (χ4v) is 1.26. The molecule has 0 saturated heterocycles. The summed E-state index contributed by atoms with van der Waals surface area (Å²) in [5.74, 6) is 0.778. The van der Waals surface area contributed by atoms with E-state index >= 15 is 0 Å². The second-order valence-corrected chi connectivity index (χ2v) is 3.04. The molecule has 0 aliphatic carbocycles. The van der Waals surface area contributed by atoms with Gasteiger partial charge in [-0.15, -0.1) is 0 Å². The van der Waals surface area contributed by atoms with Crippen LogP contribution in [0.1, 0.15) is 11.5 Å². The van der Waals surface area contributed by atoms with Crippen LogP contribution in [0.4, 0.5) is 0 Å². The maximum absolute atomic E-state index is 11.5. The molecule has 1 N–H and O–H groups in total. The molecule has 0 bridgehead atoms. The maximum Gasteiger partial charge on any atom is 0.253 e. The van der Waals surface area contributed by atoms with E-state index < -0.39 is 0 Å². The lowest BCUT2D eigenvalue weighted by atomic mass is 10.4. The molecule has 0 aliphatic heterocycles. The van der Waals surface area contributed by atoms with Gasteiger partial charge in [0.15, 0.2) is 0 Å². The Labute approximate surface area is 77.6 Å². The lowest BCUT2D eigenvalue weighted by Gasteiger charge is -2.08. The fraction of sp³-hybridized carbons (Fsp3) is 0.556. The van der Waals surface area contributed by atoms with E-state index in [1.807, 2.05) is 20.9 Å². The summed E-state index contributed by atoms with van der Waals surface area (Å²) in [4.78, 5) is 15.7. The van der Waals surface area contributed by atoms with Crippen molar-refractivity contribution >= 4 is 0 Å². The van der Waals surface area contributed by atoms with Crippen LogP contribution < -0.4 is 10.9 Å². The van der Waals surface area contributed by atoms with E-state index in [0.717, 1.165) is 18.1 Å². The summed E-state index contributed by atoms with van der Waals surface area (Å²) >= 11 is 0. The second kappa shape index (κ2) is 4.18. The monoisotopic (exact) mass is 181 g/mol. The number of likely N-dealkylation sites (N-methyl/N-ethyl adjacent to an activating group) is 1. The minimum Gasteiger partial charge on any atom is -0.318 e. The van der Waals surface area contributed by atoms with Crippen molar-refractivity contribution < 1.29 is 0 Å². The van der Waals surface area contributed by atoms with Crippen LogP contribution in [-0.4, -0.2) is 23.1 Å². The first-order chi connectivity index (χ1) is 6.15. The highest BCUT2D eigenvalue weighted by Crippen LogP contribution is 1.92. The molecule has 13 heavy (non-hydrogen) atoms. The molecule has 0 fully saturated rings. The third-order valence-electron chi connectivity index (χ3n) is 1.91. The minimum atomic E-state index is 0.0280. The number of nitrogens with one attached hydrogen (secondary N) is 1. The first-order valence-corrected chi connectivity index (χ1v) is 4.35. The molecular weight excluding hydrogens is 166 g/mol. The van der Waals surface area contributed by atoms with Gasteiger partial charge in [-0.05, 0) is 20.9 Å². The Morgan fingerprint density at radius 3 is 2.77 bits per heavy atom. The van der Waals surface area contributed by atoms with Gasteiger partial charge in [-0.1, -0.05) is 0 Å². The van der Waals surface area contributed by atoms with Crippen LogP contribution in [0, 0.1) is 13.8 Å². The molecule has 1 heterocycles. The Balaban J connectivity index is 2.99. The van der Waals surface area contributed by atoms with Crippen LogP contribution in [0.15, 0.2) is 10.9 Å². The van der Waals surface area contributed by atoms with E-state index in [0.29, 0.717) is 6.54 Å². The van der Waals surface area contributed by atoms with Gasteiger partial charge in [-0.2, -0.15) is 0 Å². The van der Waals surface area contributed by atoms with Crippen LogP contribution in [0.5, 0.6) is 0 Å². The summed E-state index contributed by atoms with van der Waals surface area (Å²) in [6.07, 6.45) is 0. The van der Waals surface area contributed by atoms with Gasteiger partial charge in [0.05, 0.1) is 0 Å². The zero-order valence-electron chi connectivity index (χ0n) is 8.29. The number of rotatable bonds is 3. The van der Waals surface area contributed by atoms with Crippen molar-refractivity contribution in [3.05, 3.63) is 27.9 Å². The van der Waals surface area contributed by atoms with Gasteiger partial charge in [-0.25, -0.2) is 4.98 Å². The van der Waals surface area contributed by atoms with Crippen molar-refractivity contribution in [3.63, 3.8) is 0 Å². The first-order valence-electron chi connectivity index (χ1n) is 4.35. The van der Waals surface area contributed by atoms with Crippen molar-refractivity contribution in [1.29, 1.82) is 0 Å². The summed E-state index contributed by atoms with van der Waals surface area (Å²) in [7, 11) is 1.86. The normalized spacial score (nSPS) is 10.4. The molecule has 0 radical (unpaired) electrons. The van der Waals surface area contributed by atoms with Gasteiger partial charge in [-0.3, -0.25) is 9.36 Å². The Morgan fingerprint density at radius 1 is 1.54 bits per heavy atom. The summed E-state index contributed by atoms with van der Waals surface area (Å²) < 4.78 is 1.67. The Morgan fingerprint density at radius 2 is 2.23 bits per heavy atom. The van der Waals surface area contributed by atoms with E-state index in [4.69, 9.17) is 0 Å². The average Bonchev–Trinajstić information content (AvgIpc) is 2.02. The topological polar surface area (TPSA) is 46.9 Å². The molecule has 4 nitrogen and oxygen atoms in total. The summed E-state index contributed by atoms with van der Waals surface area (Å²) in [6.45, 7) is 5.14. The maximum atomic E-state index is 11.5. The van der Waals surface area contributed by atoms with Crippen molar-refractivity contribution in [3.8, 4) is 0 Å². The van der Waals surface area contributed by atoms with Crippen molar-refractivity contribution in [1.82, 2.24) is 14.9 Å². The Kier molecular flexibility index (Phi) is 3.19. The first kappa shape index (κ1) is 9.92. The highest BCUT2D eigenvalue weighted by molar-refractivity contribution is 5.01. The van der Waals surface area contributed by atoms with Gasteiger partial charge in [0.2, 0.25) is 0 Å². The summed E-state index contributed by atoms with van der Waals surface area (Å²) in [5, 5.41) is 3.00. The van der Waals surface area contributed by atoms with E-state index in [9.17, 15) is 4.79 Å². The molecule has 0 atom stereocenters. The van der Waals surface area contributed by atoms with Crippen molar-refractivity contribution in [2.45, 2.75) is 20.4 Å². The van der Waals surface area contributed by atoms with Gasteiger partial charge in [0.1, 0.15) is 5.82 Å². The second-order valence-electron chi connectivity index (χ2n) is 3.04. The van der Waals surface area contributed by atoms with Gasteiger partial charge in [0, 0.05) is 24.8 Å². The third kappa shape index (κ3) is 2.39. The quantitative estimate of drug-likeness (QED) is 0.718. The third-order valence-corrected chi connectivity index (χ3v) is 1.91. The van der Waals surface area contributed by atoms with Crippen molar-refractivity contribution in [2.75, 3.05) is 13.6 Å². The van der Waals surface area contributed by atoms with Crippen LogP contribution in [0.2, 0.25) is 0 Å². The SMILES string of the molecule is CNCCn1c(C)nc(C)cc1=O. The molecule has 4 heteroatoms. The number of hydrogen-bond donors (Lipinski definition) is 1. The zero-order chi connectivity index (χ0) is 9.84. The van der Waals surface area contributed by atoms with Crippen molar-refractivity contribution in [2.24, 2.45) is 0 Å². The molecule has 72 valence electrons. The molecule has 0 aliphatic rings. The van der Waals surface area contributed by atoms with E-state index in [-0.39, 0.29) is 5.56 Å². The van der Waals surface area contributed by atoms with Crippen LogP contribution in [0.25, 0.3) is 0 Å². The number of aromatic nitrogens is 2. The van der Waals surface area contributed by atoms with Gasteiger partial charge < -0.3 is 5.32 Å². The largest absolute Gasteiger partial charge is 0.318 e. The molecule has 1 rings (SSSR count). The summed E-state index contributed by atoms with van der Waals surface area (Å²) in [6, 6.07) is 1.56. The summed E-state index contributed by atoms with van der Waals surface area (Å²) in [5.41, 5.74) is 0.809. The molecule has 0 aromatic carbocycles. The minimum absolute atomic E-state index is 0.0280. The van der Waals surface area contributed by atoms with Crippen LogP contribution in [-0.2, 0) is 6.54 Å². The Bertz CT molecular complexity index is 343. The lowest BCUT2D eigenvalue weighted by molar-refractivity contribution is 0.595. The number of hydrogen-bond acceptors (Lipinski definition) is 3. The van der Waals surface area contributed by atoms with Gasteiger partial charge >= 0.3 is 0 Å². The fourth-order valence-electron chi connectivity index (χ4n) is 1.26. The molecule has 0 spiro atoms. The predicted octanol–water partition coefficient (Wildman–Crippen LogP) is 0.0795. The van der Waals surface area contributed by atoms with E-state index in [1.165, 1.54) is 0 Å². The average molecular weight is 181 g/mol. The highest BCUT2D eigenvalue weighted by Gasteiger charge is 2.00. The van der Waals surface area contributed by atoms with Gasteiger partial charge in [0.25, 0.3) is 5.56 Å². The molecule has 0 amide bonds.